The molecule has 1 saturated heterocycles. The zero-order valence-electron chi connectivity index (χ0n) is 16.3. The molecule has 3 rings (SSSR count). The van der Waals surface area contributed by atoms with Crippen LogP contribution >= 0.6 is 22.9 Å². The number of piperidine rings is 1. The fourth-order valence-electron chi connectivity index (χ4n) is 3.69. The Morgan fingerprint density at radius 1 is 1.31 bits per heavy atom. The SMILES string of the molecule is N[C@H]1CCCN(CCCCCc2cc(F)c(S(=O)(=O)Cc3nccs3)cc2Cl)C1. The summed E-state index contributed by atoms with van der Waals surface area (Å²) in [4.78, 5) is 6.01. The van der Waals surface area contributed by atoms with Gasteiger partial charge in [0, 0.05) is 29.2 Å². The molecule has 1 fully saturated rings. The van der Waals surface area contributed by atoms with Crippen LogP contribution in [-0.4, -0.2) is 44.0 Å². The summed E-state index contributed by atoms with van der Waals surface area (Å²) in [5.74, 6) is -1.07. The Hall–Kier alpha value is -1.06. The van der Waals surface area contributed by atoms with Gasteiger partial charge in [0.05, 0.1) is 0 Å². The topological polar surface area (TPSA) is 76.3 Å². The molecule has 0 unspecified atom stereocenters. The molecular formula is C20H27ClFN3O2S2. The molecular weight excluding hydrogens is 433 g/mol. The number of hydrogen-bond acceptors (Lipinski definition) is 6. The number of rotatable bonds is 9. The fraction of sp³-hybridized carbons (Fsp3) is 0.550. The summed E-state index contributed by atoms with van der Waals surface area (Å²) in [5, 5.41) is 2.42. The third kappa shape index (κ3) is 6.46. The smallest absolute Gasteiger partial charge is 0.187 e. The quantitative estimate of drug-likeness (QED) is 0.572. The molecule has 0 aliphatic carbocycles. The van der Waals surface area contributed by atoms with E-state index in [1.54, 1.807) is 5.38 Å². The van der Waals surface area contributed by atoms with Gasteiger partial charge in [0.1, 0.15) is 21.5 Å². The van der Waals surface area contributed by atoms with Gasteiger partial charge in [0.15, 0.2) is 9.84 Å². The maximum Gasteiger partial charge on any atom is 0.187 e. The van der Waals surface area contributed by atoms with Crippen molar-refractivity contribution in [2.24, 2.45) is 5.73 Å². The number of nitrogens with two attached hydrogens (primary N) is 1. The Balaban J connectivity index is 1.52. The van der Waals surface area contributed by atoms with E-state index < -0.39 is 15.7 Å². The number of sulfone groups is 1. The maximum atomic E-state index is 14.5. The monoisotopic (exact) mass is 459 g/mol. The molecule has 2 aromatic rings. The molecule has 1 aliphatic rings. The summed E-state index contributed by atoms with van der Waals surface area (Å²) in [6.45, 7) is 3.11. The molecule has 0 bridgehead atoms. The van der Waals surface area contributed by atoms with Crippen LogP contribution in [0.25, 0.3) is 0 Å². The lowest BCUT2D eigenvalue weighted by atomic mass is 10.0. The van der Waals surface area contributed by atoms with Crippen molar-refractivity contribution in [2.45, 2.75) is 55.2 Å². The lowest BCUT2D eigenvalue weighted by Crippen LogP contribution is -2.43. The molecule has 1 aliphatic heterocycles. The number of hydrogen-bond donors (Lipinski definition) is 1. The van der Waals surface area contributed by atoms with Crippen molar-refractivity contribution in [3.05, 3.63) is 45.1 Å². The Labute approximate surface area is 181 Å². The van der Waals surface area contributed by atoms with E-state index in [4.69, 9.17) is 17.3 Å². The highest BCUT2D eigenvalue weighted by Gasteiger charge is 2.23. The van der Waals surface area contributed by atoms with E-state index in [1.807, 2.05) is 0 Å². The minimum atomic E-state index is -3.83. The highest BCUT2D eigenvalue weighted by molar-refractivity contribution is 7.90. The average molecular weight is 460 g/mol. The van der Waals surface area contributed by atoms with Gasteiger partial charge >= 0.3 is 0 Å². The van der Waals surface area contributed by atoms with E-state index in [0.29, 0.717) is 22.0 Å². The van der Waals surface area contributed by atoms with Crippen molar-refractivity contribution in [1.82, 2.24) is 9.88 Å². The van der Waals surface area contributed by atoms with Gasteiger partial charge in [-0.25, -0.2) is 17.8 Å². The molecule has 0 spiro atoms. The molecule has 2 heterocycles. The predicted octanol–water partition coefficient (Wildman–Crippen LogP) is 4.05. The minimum absolute atomic E-state index is 0.288. The number of nitrogens with zero attached hydrogens (tertiary/aromatic N) is 2. The first kappa shape index (κ1) is 22.6. The van der Waals surface area contributed by atoms with Gasteiger partial charge < -0.3 is 10.6 Å². The van der Waals surface area contributed by atoms with Crippen LogP contribution in [0.15, 0.2) is 28.6 Å². The molecule has 1 aromatic heterocycles. The van der Waals surface area contributed by atoms with Crippen LogP contribution in [0.5, 0.6) is 0 Å². The second kappa shape index (κ2) is 10.3. The molecule has 2 N–H and O–H groups in total. The maximum absolute atomic E-state index is 14.5. The number of likely N-dealkylation sites (tertiary alicyclic amines) is 1. The van der Waals surface area contributed by atoms with Crippen molar-refractivity contribution >= 4 is 32.8 Å². The van der Waals surface area contributed by atoms with Crippen molar-refractivity contribution in [1.29, 1.82) is 0 Å². The molecule has 29 heavy (non-hydrogen) atoms. The van der Waals surface area contributed by atoms with Gasteiger partial charge in [0.2, 0.25) is 0 Å². The highest BCUT2D eigenvalue weighted by Crippen LogP contribution is 2.28. The number of benzene rings is 1. The molecule has 1 atom stereocenters. The van der Waals surface area contributed by atoms with Crippen LogP contribution in [0.2, 0.25) is 5.02 Å². The number of halogens is 2. The Bertz CT molecular complexity index is 907. The van der Waals surface area contributed by atoms with Crippen LogP contribution in [0.1, 0.15) is 42.7 Å². The van der Waals surface area contributed by atoms with E-state index in [0.717, 1.165) is 51.7 Å². The van der Waals surface area contributed by atoms with E-state index >= 15 is 0 Å². The third-order valence-corrected chi connectivity index (χ3v) is 8.15. The predicted molar refractivity (Wildman–Crippen MR) is 116 cm³/mol. The molecule has 160 valence electrons. The Kier molecular flexibility index (Phi) is 8.04. The van der Waals surface area contributed by atoms with Crippen LogP contribution in [-0.2, 0) is 22.0 Å². The highest BCUT2D eigenvalue weighted by atomic mass is 35.5. The van der Waals surface area contributed by atoms with Gasteiger partial charge in [-0.15, -0.1) is 11.3 Å². The summed E-state index contributed by atoms with van der Waals surface area (Å²) in [7, 11) is -3.83. The fourth-order valence-corrected chi connectivity index (χ4v) is 6.36. The molecule has 0 saturated carbocycles. The van der Waals surface area contributed by atoms with Crippen molar-refractivity contribution in [2.75, 3.05) is 19.6 Å². The van der Waals surface area contributed by atoms with Gasteiger partial charge in [-0.3, -0.25) is 0 Å². The normalized spacial score (nSPS) is 18.2. The standard InChI is InChI=1S/C20H27ClFN3O2S2/c21-17-12-19(29(26,27)14-20-24-7-10-28-20)18(22)11-15(17)5-2-1-3-8-25-9-4-6-16(23)13-25/h7,10-12,16H,1-6,8-9,13-14,23H2/t16-/m0/s1. The van der Waals surface area contributed by atoms with Crippen molar-refractivity contribution in [3.63, 3.8) is 0 Å². The van der Waals surface area contributed by atoms with Gasteiger partial charge in [0.25, 0.3) is 0 Å². The first-order valence-corrected chi connectivity index (χ1v) is 12.8. The van der Waals surface area contributed by atoms with E-state index in [1.165, 1.54) is 29.7 Å². The lowest BCUT2D eigenvalue weighted by Gasteiger charge is -2.30. The molecule has 9 heteroatoms. The molecule has 0 amide bonds. The summed E-state index contributed by atoms with van der Waals surface area (Å²) in [5.41, 5.74) is 6.66. The summed E-state index contributed by atoms with van der Waals surface area (Å²) in [6, 6.07) is 2.79. The second-order valence-electron chi connectivity index (χ2n) is 7.57. The van der Waals surface area contributed by atoms with E-state index in [-0.39, 0.29) is 16.7 Å². The molecule has 5 nitrogen and oxygen atoms in total. The van der Waals surface area contributed by atoms with E-state index in [2.05, 4.69) is 9.88 Å². The van der Waals surface area contributed by atoms with Crippen molar-refractivity contribution in [3.8, 4) is 0 Å². The number of thiazole rings is 1. The Morgan fingerprint density at radius 3 is 2.86 bits per heavy atom. The van der Waals surface area contributed by atoms with Crippen LogP contribution in [0.3, 0.4) is 0 Å². The first-order valence-electron chi connectivity index (χ1n) is 9.92. The van der Waals surface area contributed by atoms with Crippen LogP contribution in [0, 0.1) is 5.82 Å². The molecule has 1 aromatic carbocycles. The first-order chi connectivity index (χ1) is 13.8. The zero-order chi connectivity index (χ0) is 20.9. The zero-order valence-corrected chi connectivity index (χ0v) is 18.7. The van der Waals surface area contributed by atoms with Crippen LogP contribution < -0.4 is 5.73 Å². The minimum Gasteiger partial charge on any atom is -0.327 e. The summed E-state index contributed by atoms with van der Waals surface area (Å²) in [6.07, 6.45) is 7.37. The van der Waals surface area contributed by atoms with Gasteiger partial charge in [-0.2, -0.15) is 0 Å². The summed E-state index contributed by atoms with van der Waals surface area (Å²) < 4.78 is 39.6. The lowest BCUT2D eigenvalue weighted by molar-refractivity contribution is 0.205. The van der Waals surface area contributed by atoms with Gasteiger partial charge in [-0.1, -0.05) is 18.0 Å². The van der Waals surface area contributed by atoms with Crippen molar-refractivity contribution < 1.29 is 12.8 Å². The summed E-state index contributed by atoms with van der Waals surface area (Å²) >= 11 is 7.50. The largest absolute Gasteiger partial charge is 0.327 e. The number of aryl methyl sites for hydroxylation is 1. The third-order valence-electron chi connectivity index (χ3n) is 5.20. The van der Waals surface area contributed by atoms with Crippen LogP contribution in [0.4, 0.5) is 4.39 Å². The number of unbranched alkanes of at least 4 members (excludes halogenated alkanes) is 2. The number of aromatic nitrogens is 1. The molecule has 0 radical (unpaired) electrons. The average Bonchev–Trinajstić information content (AvgIpc) is 3.16. The van der Waals surface area contributed by atoms with E-state index in [9.17, 15) is 12.8 Å². The van der Waals surface area contributed by atoms with Gasteiger partial charge in [-0.05, 0) is 62.9 Å². The second-order valence-corrected chi connectivity index (χ2v) is 10.9. The Morgan fingerprint density at radius 2 is 2.14 bits per heavy atom.